The zero-order chi connectivity index (χ0) is 32.6. The smallest absolute Gasteiger partial charge is 0.349 e. The monoisotopic (exact) mass is 672 g/mol. The number of halogens is 1. The Morgan fingerprint density at radius 3 is 1.32 bits per heavy atom. The van der Waals surface area contributed by atoms with Crippen molar-refractivity contribution in [1.82, 2.24) is 20.8 Å². The van der Waals surface area contributed by atoms with Crippen LogP contribution in [0.25, 0.3) is 22.3 Å². The SMILES string of the molecule is O=C(NC1CCN(OP(=O)(Cl)ON2CCC(NC(=O)c3cccc(-c4ccccc4)c3)CC2)CC1)c1cccc(-c2ccccc2)c1. The summed E-state index contributed by atoms with van der Waals surface area (Å²) in [7, 11) is 0. The minimum Gasteiger partial charge on any atom is -0.349 e. The summed E-state index contributed by atoms with van der Waals surface area (Å²) >= 11 is 6.22. The molecular formula is C36H38ClN4O5P. The van der Waals surface area contributed by atoms with Gasteiger partial charge in [0.1, 0.15) is 0 Å². The van der Waals surface area contributed by atoms with E-state index in [0.717, 1.165) is 22.3 Å². The number of benzene rings is 4. The van der Waals surface area contributed by atoms with Crippen molar-refractivity contribution >= 4 is 30.0 Å². The van der Waals surface area contributed by atoms with Gasteiger partial charge in [0.15, 0.2) is 0 Å². The number of carbonyl (C=O) groups excluding carboxylic acids is 2. The highest BCUT2D eigenvalue weighted by Gasteiger charge is 2.33. The molecule has 0 aliphatic carbocycles. The highest BCUT2D eigenvalue weighted by Crippen LogP contribution is 2.55. The highest BCUT2D eigenvalue weighted by molar-refractivity contribution is 7.81. The summed E-state index contributed by atoms with van der Waals surface area (Å²) in [6, 6.07) is 34.9. The molecule has 2 heterocycles. The van der Waals surface area contributed by atoms with Crippen molar-refractivity contribution in [1.29, 1.82) is 0 Å². The van der Waals surface area contributed by atoms with Gasteiger partial charge in [-0.2, -0.15) is 10.1 Å². The first-order chi connectivity index (χ1) is 22.8. The fourth-order valence-electron chi connectivity index (χ4n) is 5.93. The first-order valence-electron chi connectivity index (χ1n) is 15.9. The van der Waals surface area contributed by atoms with Gasteiger partial charge in [0.25, 0.3) is 11.8 Å². The van der Waals surface area contributed by atoms with E-state index in [2.05, 4.69) is 10.6 Å². The number of amides is 2. The number of hydroxylamine groups is 4. The molecule has 2 aliphatic rings. The van der Waals surface area contributed by atoms with Gasteiger partial charge in [0.2, 0.25) is 0 Å². The Kier molecular flexibility index (Phi) is 10.8. The van der Waals surface area contributed by atoms with Crippen LogP contribution >= 0.6 is 18.2 Å². The van der Waals surface area contributed by atoms with Crippen molar-refractivity contribution < 1.29 is 23.4 Å². The standard InChI is InChI=1S/C36H38ClN4O5P/c37-47(44,45-40-21-17-33(18-22-40)38-35(42)31-15-7-13-29(25-31)27-9-3-1-4-10-27)46-41-23-19-34(20-24-41)39-36(43)32-16-8-14-30(26-32)28-11-5-2-6-12-28/h1-16,25-26,33-34H,17-24H2,(H,38,42)(H,39,43). The Labute approximate surface area is 280 Å². The van der Waals surface area contributed by atoms with Crippen LogP contribution in [0.3, 0.4) is 0 Å². The molecule has 0 spiro atoms. The minimum absolute atomic E-state index is 0.0478. The van der Waals surface area contributed by atoms with Crippen LogP contribution in [0.1, 0.15) is 46.4 Å². The molecule has 0 saturated carbocycles. The fourth-order valence-corrected chi connectivity index (χ4v) is 7.36. The molecule has 11 heteroatoms. The lowest BCUT2D eigenvalue weighted by atomic mass is 10.0. The first-order valence-corrected chi connectivity index (χ1v) is 18.4. The Hall–Kier alpha value is -3.82. The minimum atomic E-state index is -3.94. The molecule has 2 fully saturated rings. The van der Waals surface area contributed by atoms with Gasteiger partial charge < -0.3 is 10.6 Å². The van der Waals surface area contributed by atoms with Crippen LogP contribution in [-0.4, -0.2) is 60.2 Å². The first kappa shape index (κ1) is 33.1. The quantitative estimate of drug-likeness (QED) is 0.170. The Bertz CT molecular complexity index is 1590. The van der Waals surface area contributed by atoms with Crippen LogP contribution in [0.15, 0.2) is 109 Å². The summed E-state index contributed by atoms with van der Waals surface area (Å²) in [5.41, 5.74) is 5.28. The summed E-state index contributed by atoms with van der Waals surface area (Å²) in [6.45, 7) is -2.18. The third-order valence-electron chi connectivity index (χ3n) is 8.47. The van der Waals surface area contributed by atoms with Crippen LogP contribution < -0.4 is 10.6 Å². The number of carbonyl (C=O) groups is 2. The largest absolute Gasteiger partial charge is 0.457 e. The molecule has 2 N–H and O–H groups in total. The lowest BCUT2D eigenvalue weighted by molar-refractivity contribution is -0.132. The van der Waals surface area contributed by atoms with Gasteiger partial charge in [-0.3, -0.25) is 9.59 Å². The van der Waals surface area contributed by atoms with Crippen molar-refractivity contribution in [2.24, 2.45) is 0 Å². The number of nitrogens with zero attached hydrogens (tertiary/aromatic N) is 2. The van der Waals surface area contributed by atoms with E-state index in [9.17, 15) is 14.2 Å². The van der Waals surface area contributed by atoms with E-state index in [4.69, 9.17) is 20.5 Å². The third-order valence-corrected chi connectivity index (χ3v) is 9.69. The van der Waals surface area contributed by atoms with E-state index in [1.54, 1.807) is 10.1 Å². The molecule has 0 aromatic heterocycles. The molecule has 0 unspecified atom stereocenters. The summed E-state index contributed by atoms with van der Waals surface area (Å²) in [6.07, 6.45) is 2.45. The second kappa shape index (κ2) is 15.4. The highest BCUT2D eigenvalue weighted by atomic mass is 35.7. The van der Waals surface area contributed by atoms with E-state index in [0.29, 0.717) is 63.0 Å². The van der Waals surface area contributed by atoms with Gasteiger partial charge in [-0.1, -0.05) is 84.9 Å². The van der Waals surface area contributed by atoms with Crippen molar-refractivity contribution in [3.8, 4) is 22.3 Å². The molecule has 2 amide bonds. The van der Waals surface area contributed by atoms with Gasteiger partial charge in [0, 0.05) is 60.6 Å². The van der Waals surface area contributed by atoms with E-state index in [-0.39, 0.29) is 23.9 Å². The molecule has 6 rings (SSSR count). The van der Waals surface area contributed by atoms with Crippen molar-refractivity contribution in [3.63, 3.8) is 0 Å². The van der Waals surface area contributed by atoms with Crippen molar-refractivity contribution in [2.45, 2.75) is 37.8 Å². The van der Waals surface area contributed by atoms with Gasteiger partial charge >= 0.3 is 6.95 Å². The van der Waals surface area contributed by atoms with E-state index in [1.807, 2.05) is 109 Å². The van der Waals surface area contributed by atoms with Crippen molar-refractivity contribution in [2.75, 3.05) is 26.2 Å². The molecular weight excluding hydrogens is 635 g/mol. The summed E-state index contributed by atoms with van der Waals surface area (Å²) < 4.78 is 24.2. The molecule has 47 heavy (non-hydrogen) atoms. The number of hydrogen-bond acceptors (Lipinski definition) is 7. The summed E-state index contributed by atoms with van der Waals surface area (Å²) in [5.74, 6) is -0.261. The molecule has 0 bridgehead atoms. The maximum atomic E-state index is 13.0. The molecule has 2 aliphatic heterocycles. The molecule has 4 aromatic rings. The second-order valence-electron chi connectivity index (χ2n) is 11.8. The number of rotatable bonds is 10. The zero-order valence-electron chi connectivity index (χ0n) is 26.0. The van der Waals surface area contributed by atoms with E-state index >= 15 is 0 Å². The Morgan fingerprint density at radius 2 is 0.936 bits per heavy atom. The third kappa shape index (κ3) is 9.17. The van der Waals surface area contributed by atoms with E-state index < -0.39 is 6.95 Å². The molecule has 0 atom stereocenters. The van der Waals surface area contributed by atoms with Gasteiger partial charge in [-0.05, 0) is 72.2 Å². The number of hydrogen-bond donors (Lipinski definition) is 2. The lowest BCUT2D eigenvalue weighted by Crippen LogP contribution is -2.45. The average molecular weight is 673 g/mol. The van der Waals surface area contributed by atoms with Gasteiger partial charge in [-0.25, -0.2) is 13.8 Å². The van der Waals surface area contributed by atoms with Crippen LogP contribution in [0.5, 0.6) is 0 Å². The van der Waals surface area contributed by atoms with Crippen LogP contribution in [0.2, 0.25) is 0 Å². The lowest BCUT2D eigenvalue weighted by Gasteiger charge is -2.35. The predicted molar refractivity (Wildman–Crippen MR) is 184 cm³/mol. The Balaban J connectivity index is 0.918. The average Bonchev–Trinajstić information content (AvgIpc) is 3.10. The van der Waals surface area contributed by atoms with Crippen LogP contribution in [-0.2, 0) is 13.8 Å². The predicted octanol–water partition coefficient (Wildman–Crippen LogP) is 7.32. The van der Waals surface area contributed by atoms with Gasteiger partial charge in [-0.15, -0.1) is 0 Å². The summed E-state index contributed by atoms with van der Waals surface area (Å²) in [5, 5.41) is 9.31. The van der Waals surface area contributed by atoms with Crippen LogP contribution in [0, 0.1) is 0 Å². The van der Waals surface area contributed by atoms with Crippen LogP contribution in [0.4, 0.5) is 0 Å². The normalized spacial score (nSPS) is 16.9. The number of nitrogens with one attached hydrogen (secondary N) is 2. The van der Waals surface area contributed by atoms with Crippen molar-refractivity contribution in [3.05, 3.63) is 120 Å². The maximum Gasteiger partial charge on any atom is 0.457 e. The van der Waals surface area contributed by atoms with E-state index in [1.165, 1.54) is 0 Å². The zero-order valence-corrected chi connectivity index (χ0v) is 27.6. The molecule has 4 aromatic carbocycles. The maximum absolute atomic E-state index is 13.0. The molecule has 244 valence electrons. The summed E-state index contributed by atoms with van der Waals surface area (Å²) in [4.78, 5) is 26.0. The molecule has 2 saturated heterocycles. The fraction of sp³-hybridized carbons (Fsp3) is 0.278. The second-order valence-corrected chi connectivity index (χ2v) is 14.3. The topological polar surface area (TPSA) is 100 Å². The molecule has 0 radical (unpaired) electrons. The van der Waals surface area contributed by atoms with Gasteiger partial charge in [0.05, 0.1) is 0 Å². The Morgan fingerprint density at radius 1 is 0.574 bits per heavy atom. The molecule has 9 nitrogen and oxygen atoms in total. The number of piperidine rings is 2.